The third-order valence-electron chi connectivity index (χ3n) is 2.96. The van der Waals surface area contributed by atoms with Crippen molar-refractivity contribution in [2.75, 3.05) is 0 Å². The molecule has 0 aliphatic rings. The van der Waals surface area contributed by atoms with Gasteiger partial charge in [0, 0.05) is 12.2 Å². The van der Waals surface area contributed by atoms with E-state index in [1.165, 1.54) is 0 Å². The van der Waals surface area contributed by atoms with E-state index in [2.05, 4.69) is 0 Å². The number of aryl methyl sites for hydroxylation is 2. The third-order valence-corrected chi connectivity index (χ3v) is 2.96. The summed E-state index contributed by atoms with van der Waals surface area (Å²) in [6.45, 7) is 3.66. The summed E-state index contributed by atoms with van der Waals surface area (Å²) in [7, 11) is 0. The second kappa shape index (κ2) is 7.22. The van der Waals surface area contributed by atoms with Crippen LogP contribution in [0.3, 0.4) is 0 Å². The molecule has 0 radical (unpaired) electrons. The van der Waals surface area contributed by atoms with Crippen LogP contribution in [-0.2, 0) is 9.59 Å². The first kappa shape index (κ1) is 15.5. The standard InChI is InChI=1S/C18H16O4/c1-13-7-3-5-9-15(13)21-17(19)11-12-18(20)22-16-10-6-4-8-14(16)2/h3-12H,1-2H3/b12-11-. The highest BCUT2D eigenvalue weighted by Crippen LogP contribution is 2.17. The van der Waals surface area contributed by atoms with Crippen LogP contribution in [-0.4, -0.2) is 11.9 Å². The van der Waals surface area contributed by atoms with Gasteiger partial charge in [-0.15, -0.1) is 0 Å². The Morgan fingerprint density at radius 2 is 1.09 bits per heavy atom. The Kier molecular flexibility index (Phi) is 5.09. The van der Waals surface area contributed by atoms with Crippen molar-refractivity contribution in [3.63, 3.8) is 0 Å². The normalized spacial score (nSPS) is 10.5. The highest BCUT2D eigenvalue weighted by molar-refractivity contribution is 5.93. The molecular formula is C18H16O4. The number of carbonyl (C=O) groups is 2. The van der Waals surface area contributed by atoms with E-state index in [1.54, 1.807) is 24.3 Å². The molecule has 4 nitrogen and oxygen atoms in total. The predicted molar refractivity (Wildman–Crippen MR) is 82.8 cm³/mol. The van der Waals surface area contributed by atoms with Crippen molar-refractivity contribution >= 4 is 11.9 Å². The van der Waals surface area contributed by atoms with E-state index in [0.29, 0.717) is 11.5 Å². The lowest BCUT2D eigenvalue weighted by Crippen LogP contribution is -2.09. The fourth-order valence-corrected chi connectivity index (χ4v) is 1.76. The van der Waals surface area contributed by atoms with E-state index in [9.17, 15) is 9.59 Å². The molecule has 0 aliphatic carbocycles. The highest BCUT2D eigenvalue weighted by atomic mass is 16.5. The van der Waals surface area contributed by atoms with Crippen LogP contribution in [0.1, 0.15) is 11.1 Å². The van der Waals surface area contributed by atoms with Crippen molar-refractivity contribution in [1.29, 1.82) is 0 Å². The number of benzene rings is 2. The summed E-state index contributed by atoms with van der Waals surface area (Å²) in [5.41, 5.74) is 1.68. The van der Waals surface area contributed by atoms with Gasteiger partial charge in [-0.1, -0.05) is 36.4 Å². The molecule has 112 valence electrons. The van der Waals surface area contributed by atoms with Gasteiger partial charge in [-0.2, -0.15) is 0 Å². The first-order valence-corrected chi connectivity index (χ1v) is 6.79. The highest BCUT2D eigenvalue weighted by Gasteiger charge is 2.06. The van der Waals surface area contributed by atoms with E-state index in [1.807, 2.05) is 38.1 Å². The molecule has 0 spiro atoms. The molecule has 0 bridgehead atoms. The van der Waals surface area contributed by atoms with Crippen LogP contribution in [0.4, 0.5) is 0 Å². The number of hydrogen-bond acceptors (Lipinski definition) is 4. The van der Waals surface area contributed by atoms with Crippen LogP contribution < -0.4 is 9.47 Å². The molecule has 0 saturated carbocycles. The second-order valence-electron chi connectivity index (χ2n) is 4.71. The van der Waals surface area contributed by atoms with Gasteiger partial charge >= 0.3 is 11.9 Å². The smallest absolute Gasteiger partial charge is 0.336 e. The Hall–Kier alpha value is -2.88. The van der Waals surface area contributed by atoms with Gasteiger partial charge < -0.3 is 9.47 Å². The van der Waals surface area contributed by atoms with Crippen LogP contribution in [0.2, 0.25) is 0 Å². The zero-order valence-corrected chi connectivity index (χ0v) is 12.4. The molecule has 0 aliphatic heterocycles. The van der Waals surface area contributed by atoms with E-state index < -0.39 is 11.9 Å². The van der Waals surface area contributed by atoms with Crippen molar-refractivity contribution in [2.24, 2.45) is 0 Å². The molecule has 0 aromatic heterocycles. The summed E-state index contributed by atoms with van der Waals surface area (Å²) in [5, 5.41) is 0. The van der Waals surface area contributed by atoms with Gasteiger partial charge in [-0.3, -0.25) is 0 Å². The van der Waals surface area contributed by atoms with Gasteiger partial charge in [0.1, 0.15) is 11.5 Å². The molecule has 0 unspecified atom stereocenters. The van der Waals surface area contributed by atoms with E-state index in [0.717, 1.165) is 23.3 Å². The lowest BCUT2D eigenvalue weighted by molar-refractivity contribution is -0.131. The van der Waals surface area contributed by atoms with Crippen LogP contribution in [0.15, 0.2) is 60.7 Å². The fraction of sp³-hybridized carbons (Fsp3) is 0.111. The number of para-hydroxylation sites is 2. The maximum absolute atomic E-state index is 11.7. The number of hydrogen-bond donors (Lipinski definition) is 0. The van der Waals surface area contributed by atoms with Crippen molar-refractivity contribution in [3.8, 4) is 11.5 Å². The number of rotatable bonds is 4. The molecule has 0 fully saturated rings. The topological polar surface area (TPSA) is 52.6 Å². The number of ether oxygens (including phenoxy) is 2. The largest absolute Gasteiger partial charge is 0.423 e. The molecule has 2 aromatic rings. The van der Waals surface area contributed by atoms with Crippen molar-refractivity contribution in [1.82, 2.24) is 0 Å². The maximum atomic E-state index is 11.7. The Labute approximate surface area is 129 Å². The van der Waals surface area contributed by atoms with Crippen LogP contribution in [0.5, 0.6) is 11.5 Å². The van der Waals surface area contributed by atoms with Gasteiger partial charge in [0.2, 0.25) is 0 Å². The second-order valence-corrected chi connectivity index (χ2v) is 4.71. The zero-order chi connectivity index (χ0) is 15.9. The molecular weight excluding hydrogens is 280 g/mol. The number of esters is 2. The van der Waals surface area contributed by atoms with Crippen molar-refractivity contribution in [3.05, 3.63) is 71.8 Å². The summed E-state index contributed by atoms with van der Waals surface area (Å²) in [4.78, 5) is 23.3. The van der Waals surface area contributed by atoms with Crippen molar-refractivity contribution in [2.45, 2.75) is 13.8 Å². The molecule has 0 heterocycles. The lowest BCUT2D eigenvalue weighted by atomic mass is 10.2. The predicted octanol–water partition coefficient (Wildman–Crippen LogP) is 3.37. The van der Waals surface area contributed by atoms with Crippen molar-refractivity contribution < 1.29 is 19.1 Å². The minimum Gasteiger partial charge on any atom is -0.423 e. The molecule has 0 amide bonds. The van der Waals surface area contributed by atoms with E-state index in [-0.39, 0.29) is 0 Å². The minimum atomic E-state index is -0.629. The van der Waals surface area contributed by atoms with Gasteiger partial charge in [0.05, 0.1) is 0 Å². The Balaban J connectivity index is 1.94. The van der Waals surface area contributed by atoms with Crippen LogP contribution in [0.25, 0.3) is 0 Å². The molecule has 4 heteroatoms. The Morgan fingerprint density at radius 1 is 0.727 bits per heavy atom. The Morgan fingerprint density at radius 3 is 1.45 bits per heavy atom. The maximum Gasteiger partial charge on any atom is 0.336 e. The summed E-state index contributed by atoms with van der Waals surface area (Å²) in [6.07, 6.45) is 2.10. The molecule has 0 atom stereocenters. The average Bonchev–Trinajstić information content (AvgIpc) is 2.50. The molecule has 0 N–H and O–H groups in total. The third kappa shape index (κ3) is 4.31. The molecule has 0 saturated heterocycles. The quantitative estimate of drug-likeness (QED) is 0.493. The number of carbonyl (C=O) groups excluding carboxylic acids is 2. The van der Waals surface area contributed by atoms with Gasteiger partial charge in [-0.25, -0.2) is 9.59 Å². The lowest BCUT2D eigenvalue weighted by Gasteiger charge is -2.05. The SMILES string of the molecule is Cc1ccccc1OC(=O)/C=C\C(=O)Oc1ccccc1C. The van der Waals surface area contributed by atoms with E-state index >= 15 is 0 Å². The average molecular weight is 296 g/mol. The van der Waals surface area contributed by atoms with Gasteiger partial charge in [-0.05, 0) is 37.1 Å². The molecule has 22 heavy (non-hydrogen) atoms. The molecule has 2 rings (SSSR count). The monoisotopic (exact) mass is 296 g/mol. The Bertz CT molecular complexity index is 655. The first-order valence-electron chi connectivity index (χ1n) is 6.79. The van der Waals surface area contributed by atoms with Crippen LogP contribution >= 0.6 is 0 Å². The molecule has 2 aromatic carbocycles. The zero-order valence-electron chi connectivity index (χ0n) is 12.4. The fourth-order valence-electron chi connectivity index (χ4n) is 1.76. The minimum absolute atomic E-state index is 0.462. The summed E-state index contributed by atoms with van der Waals surface area (Å²) < 4.78 is 10.3. The summed E-state index contributed by atoms with van der Waals surface area (Å²) in [5.74, 6) is -0.332. The summed E-state index contributed by atoms with van der Waals surface area (Å²) >= 11 is 0. The van der Waals surface area contributed by atoms with Gasteiger partial charge in [0.15, 0.2) is 0 Å². The van der Waals surface area contributed by atoms with Gasteiger partial charge in [0.25, 0.3) is 0 Å². The first-order chi connectivity index (χ1) is 10.6. The summed E-state index contributed by atoms with van der Waals surface area (Å²) in [6, 6.07) is 14.3. The van der Waals surface area contributed by atoms with Crippen LogP contribution in [0, 0.1) is 13.8 Å². The van der Waals surface area contributed by atoms with E-state index in [4.69, 9.17) is 9.47 Å².